The van der Waals surface area contributed by atoms with Crippen LogP contribution in [0.25, 0.3) is 0 Å². The summed E-state index contributed by atoms with van der Waals surface area (Å²) < 4.78 is 0. The number of urea groups is 1. The topological polar surface area (TPSA) is 103 Å². The van der Waals surface area contributed by atoms with Gasteiger partial charge in [-0.25, -0.2) is 4.79 Å². The van der Waals surface area contributed by atoms with Gasteiger partial charge in [-0.2, -0.15) is 11.3 Å². The van der Waals surface area contributed by atoms with Crippen molar-refractivity contribution < 1.29 is 14.4 Å². The van der Waals surface area contributed by atoms with Crippen molar-refractivity contribution in [2.45, 2.75) is 37.4 Å². The van der Waals surface area contributed by atoms with E-state index in [9.17, 15) is 14.4 Å². The smallest absolute Gasteiger partial charge is 0.319 e. The predicted octanol–water partition coefficient (Wildman–Crippen LogP) is 2.23. The zero-order valence-corrected chi connectivity index (χ0v) is 17.3. The first-order valence-electron chi connectivity index (χ1n) is 10.1. The van der Waals surface area contributed by atoms with E-state index in [0.29, 0.717) is 32.4 Å². The van der Waals surface area contributed by atoms with E-state index in [1.165, 1.54) is 11.3 Å². The molecule has 0 radical (unpaired) electrons. The first-order valence-corrected chi connectivity index (χ1v) is 11.0. The standard InChI is InChI=1S/C21H25N5O3S/c27-19(23-14-4-2-1-3-5-14)7-6-17-11-22-20(28)18-10-16(12-26(17)18)25-21(29)24-15-8-9-30-13-15/h1-5,8-9,13,16-18H,6-7,10-12H2,(H,22,28)(H,23,27)(H2,24,25,29). The van der Waals surface area contributed by atoms with E-state index in [2.05, 4.69) is 26.2 Å². The number of thiophene rings is 1. The summed E-state index contributed by atoms with van der Waals surface area (Å²) in [5.74, 6) is -0.0545. The molecule has 2 saturated heterocycles. The number of amides is 4. The zero-order chi connectivity index (χ0) is 20.9. The summed E-state index contributed by atoms with van der Waals surface area (Å²) in [6, 6.07) is 10.6. The van der Waals surface area contributed by atoms with Crippen LogP contribution in [0.5, 0.6) is 0 Å². The van der Waals surface area contributed by atoms with E-state index in [1.54, 1.807) is 0 Å². The van der Waals surface area contributed by atoms with Gasteiger partial charge in [0.25, 0.3) is 0 Å². The summed E-state index contributed by atoms with van der Waals surface area (Å²) in [5.41, 5.74) is 1.53. The summed E-state index contributed by atoms with van der Waals surface area (Å²) in [6.07, 6.45) is 1.58. The van der Waals surface area contributed by atoms with Crippen molar-refractivity contribution in [3.05, 3.63) is 47.2 Å². The highest BCUT2D eigenvalue weighted by atomic mass is 32.1. The number of anilines is 2. The van der Waals surface area contributed by atoms with Gasteiger partial charge in [-0.3, -0.25) is 14.5 Å². The molecule has 30 heavy (non-hydrogen) atoms. The third-order valence-corrected chi connectivity index (χ3v) is 6.18. The molecule has 3 unspecified atom stereocenters. The molecule has 1 aromatic carbocycles. The monoisotopic (exact) mass is 427 g/mol. The Morgan fingerprint density at radius 3 is 2.73 bits per heavy atom. The quantitative estimate of drug-likeness (QED) is 0.568. The summed E-state index contributed by atoms with van der Waals surface area (Å²) in [7, 11) is 0. The molecule has 0 spiro atoms. The van der Waals surface area contributed by atoms with Crippen molar-refractivity contribution >= 4 is 40.6 Å². The highest BCUT2D eigenvalue weighted by Crippen LogP contribution is 2.26. The molecule has 3 atom stereocenters. The van der Waals surface area contributed by atoms with Crippen molar-refractivity contribution in [3.8, 4) is 0 Å². The van der Waals surface area contributed by atoms with Gasteiger partial charge in [0.1, 0.15) is 0 Å². The van der Waals surface area contributed by atoms with Gasteiger partial charge in [0.2, 0.25) is 11.8 Å². The molecule has 3 heterocycles. The third-order valence-electron chi connectivity index (χ3n) is 5.50. The maximum Gasteiger partial charge on any atom is 0.319 e. The number of nitrogens with one attached hydrogen (secondary N) is 4. The largest absolute Gasteiger partial charge is 0.353 e. The molecule has 4 rings (SSSR count). The Hall–Kier alpha value is -2.91. The molecule has 0 bridgehead atoms. The van der Waals surface area contributed by atoms with Crippen LogP contribution < -0.4 is 21.3 Å². The number of hydrogen-bond acceptors (Lipinski definition) is 5. The van der Waals surface area contributed by atoms with Gasteiger partial charge in [0.15, 0.2) is 0 Å². The minimum Gasteiger partial charge on any atom is -0.353 e. The molecule has 4 amide bonds. The first-order chi connectivity index (χ1) is 14.6. The van der Waals surface area contributed by atoms with E-state index in [4.69, 9.17) is 0 Å². The van der Waals surface area contributed by atoms with Gasteiger partial charge in [-0.05, 0) is 36.4 Å². The SMILES string of the molecule is O=C(CCC1CNC(=O)C2CC(NC(=O)Nc3ccsc3)CN12)Nc1ccccc1. The highest BCUT2D eigenvalue weighted by molar-refractivity contribution is 7.08. The van der Waals surface area contributed by atoms with Gasteiger partial charge in [0, 0.05) is 42.7 Å². The average Bonchev–Trinajstić information content (AvgIpc) is 3.38. The second-order valence-electron chi connectivity index (χ2n) is 7.61. The molecule has 2 fully saturated rings. The van der Waals surface area contributed by atoms with E-state index in [-0.39, 0.29) is 36.0 Å². The van der Waals surface area contributed by atoms with Gasteiger partial charge in [-0.15, -0.1) is 0 Å². The third kappa shape index (κ3) is 4.98. The molecular formula is C21H25N5O3S. The second kappa shape index (κ2) is 9.27. The van der Waals surface area contributed by atoms with Crippen LogP contribution in [0.15, 0.2) is 47.2 Å². The van der Waals surface area contributed by atoms with Crippen LogP contribution in [0.2, 0.25) is 0 Å². The Morgan fingerprint density at radius 1 is 1.13 bits per heavy atom. The van der Waals surface area contributed by atoms with Crippen molar-refractivity contribution in [3.63, 3.8) is 0 Å². The number of carbonyl (C=O) groups is 3. The Morgan fingerprint density at radius 2 is 1.97 bits per heavy atom. The minimum absolute atomic E-state index is 0.0115. The predicted molar refractivity (Wildman–Crippen MR) is 116 cm³/mol. The molecule has 0 aliphatic carbocycles. The Kier molecular flexibility index (Phi) is 6.29. The van der Waals surface area contributed by atoms with Crippen LogP contribution in [0.3, 0.4) is 0 Å². The van der Waals surface area contributed by atoms with Crippen LogP contribution in [0.4, 0.5) is 16.2 Å². The van der Waals surface area contributed by atoms with E-state index < -0.39 is 0 Å². The molecular weight excluding hydrogens is 402 g/mol. The fourth-order valence-corrected chi connectivity index (χ4v) is 4.67. The fourth-order valence-electron chi connectivity index (χ4n) is 4.08. The molecule has 9 heteroatoms. The van der Waals surface area contributed by atoms with Gasteiger partial charge in [0.05, 0.1) is 11.7 Å². The Bertz CT molecular complexity index is 889. The van der Waals surface area contributed by atoms with Crippen LogP contribution in [0.1, 0.15) is 19.3 Å². The van der Waals surface area contributed by atoms with Crippen molar-refractivity contribution in [2.24, 2.45) is 0 Å². The molecule has 2 aromatic rings. The summed E-state index contributed by atoms with van der Waals surface area (Å²) in [6.45, 7) is 1.11. The summed E-state index contributed by atoms with van der Waals surface area (Å²) >= 11 is 1.51. The average molecular weight is 428 g/mol. The maximum absolute atomic E-state index is 12.3. The number of benzene rings is 1. The van der Waals surface area contributed by atoms with Gasteiger partial charge >= 0.3 is 6.03 Å². The van der Waals surface area contributed by atoms with Crippen LogP contribution in [0, 0.1) is 0 Å². The van der Waals surface area contributed by atoms with Crippen molar-refractivity contribution in [2.75, 3.05) is 23.7 Å². The molecule has 4 N–H and O–H groups in total. The maximum atomic E-state index is 12.3. The Balaban J connectivity index is 1.29. The van der Waals surface area contributed by atoms with Crippen LogP contribution in [-0.2, 0) is 9.59 Å². The van der Waals surface area contributed by atoms with E-state index >= 15 is 0 Å². The normalized spacial score (nSPS) is 23.3. The lowest BCUT2D eigenvalue weighted by Gasteiger charge is -2.37. The molecule has 0 saturated carbocycles. The molecule has 1 aromatic heterocycles. The Labute approximate surface area is 179 Å². The molecule has 2 aliphatic heterocycles. The molecule has 8 nitrogen and oxygen atoms in total. The van der Waals surface area contributed by atoms with Crippen LogP contribution >= 0.6 is 11.3 Å². The van der Waals surface area contributed by atoms with Crippen molar-refractivity contribution in [1.82, 2.24) is 15.5 Å². The second-order valence-corrected chi connectivity index (χ2v) is 8.39. The first kappa shape index (κ1) is 20.4. The lowest BCUT2D eigenvalue weighted by molar-refractivity contribution is -0.129. The van der Waals surface area contributed by atoms with Crippen molar-refractivity contribution in [1.29, 1.82) is 0 Å². The number of fused-ring (bicyclic) bond motifs is 1. The number of hydrogen-bond donors (Lipinski definition) is 4. The number of rotatable bonds is 6. The molecule has 158 valence electrons. The number of carbonyl (C=O) groups excluding carboxylic acids is 3. The van der Waals surface area contributed by atoms with E-state index in [1.807, 2.05) is 47.2 Å². The fraction of sp³-hybridized carbons (Fsp3) is 0.381. The number of nitrogens with zero attached hydrogens (tertiary/aromatic N) is 1. The lowest BCUT2D eigenvalue weighted by Crippen LogP contribution is -2.58. The summed E-state index contributed by atoms with van der Waals surface area (Å²) in [5, 5.41) is 15.4. The molecule has 2 aliphatic rings. The lowest BCUT2D eigenvalue weighted by atomic mass is 10.0. The number of piperazine rings is 1. The van der Waals surface area contributed by atoms with Gasteiger partial charge in [-0.1, -0.05) is 18.2 Å². The number of para-hydroxylation sites is 1. The zero-order valence-electron chi connectivity index (χ0n) is 16.5. The van der Waals surface area contributed by atoms with E-state index in [0.717, 1.165) is 11.4 Å². The highest BCUT2D eigenvalue weighted by Gasteiger charge is 2.43. The van der Waals surface area contributed by atoms with Gasteiger partial charge < -0.3 is 21.3 Å². The minimum atomic E-state index is -0.271. The summed E-state index contributed by atoms with van der Waals surface area (Å²) in [4.78, 5) is 39.0. The van der Waals surface area contributed by atoms with Crippen LogP contribution in [-0.4, -0.2) is 54.0 Å².